The standard InChI is InChI=1S/C25H20Cl2N2O/c1-14-8-9-15(2)22(12-14)29-25(30)23-16(3)24(18-11-10-17(26)13-20(18)27)28-21-7-5-4-6-19(21)23/h4-13H,1-3H3,(H,29,30). The van der Waals surface area contributed by atoms with Crippen molar-refractivity contribution in [2.24, 2.45) is 0 Å². The SMILES string of the molecule is Cc1ccc(C)c(NC(=O)c2c(C)c(-c3ccc(Cl)cc3Cl)nc3ccccc23)c1. The van der Waals surface area contributed by atoms with Crippen molar-refractivity contribution in [2.75, 3.05) is 5.32 Å². The van der Waals surface area contributed by atoms with Gasteiger partial charge in [0.25, 0.3) is 5.91 Å². The zero-order valence-corrected chi connectivity index (χ0v) is 18.4. The minimum absolute atomic E-state index is 0.175. The maximum Gasteiger partial charge on any atom is 0.256 e. The van der Waals surface area contributed by atoms with E-state index in [9.17, 15) is 4.79 Å². The van der Waals surface area contributed by atoms with Crippen LogP contribution in [-0.4, -0.2) is 10.9 Å². The third kappa shape index (κ3) is 3.79. The monoisotopic (exact) mass is 434 g/mol. The third-order valence-corrected chi connectivity index (χ3v) is 5.74. The van der Waals surface area contributed by atoms with Gasteiger partial charge in [-0.2, -0.15) is 0 Å². The van der Waals surface area contributed by atoms with Crippen molar-refractivity contribution in [2.45, 2.75) is 20.8 Å². The second-order valence-corrected chi connectivity index (χ2v) is 8.22. The highest BCUT2D eigenvalue weighted by atomic mass is 35.5. The first-order valence-electron chi connectivity index (χ1n) is 9.58. The van der Waals surface area contributed by atoms with Gasteiger partial charge in [0, 0.05) is 21.7 Å². The first-order valence-corrected chi connectivity index (χ1v) is 10.3. The van der Waals surface area contributed by atoms with Crippen LogP contribution in [0.5, 0.6) is 0 Å². The fourth-order valence-electron chi connectivity index (χ4n) is 3.60. The molecule has 3 aromatic carbocycles. The minimum Gasteiger partial charge on any atom is -0.322 e. The summed E-state index contributed by atoms with van der Waals surface area (Å²) in [5, 5.41) is 4.93. The zero-order valence-electron chi connectivity index (χ0n) is 16.9. The van der Waals surface area contributed by atoms with E-state index < -0.39 is 0 Å². The molecule has 0 atom stereocenters. The molecule has 150 valence electrons. The predicted octanol–water partition coefficient (Wildman–Crippen LogP) is 7.39. The van der Waals surface area contributed by atoms with Crippen molar-refractivity contribution in [3.05, 3.63) is 93.0 Å². The molecule has 0 aliphatic carbocycles. The van der Waals surface area contributed by atoms with E-state index in [1.165, 1.54) is 0 Å². The molecule has 0 saturated carbocycles. The second kappa shape index (κ2) is 8.10. The van der Waals surface area contributed by atoms with Crippen molar-refractivity contribution in [3.8, 4) is 11.3 Å². The number of carbonyl (C=O) groups is 1. The number of halogens is 2. The van der Waals surface area contributed by atoms with E-state index in [0.717, 1.165) is 38.8 Å². The van der Waals surface area contributed by atoms with Crippen LogP contribution in [0.2, 0.25) is 10.0 Å². The van der Waals surface area contributed by atoms with Crippen molar-refractivity contribution >= 4 is 45.7 Å². The van der Waals surface area contributed by atoms with E-state index in [4.69, 9.17) is 28.2 Å². The molecule has 5 heteroatoms. The number of carbonyl (C=O) groups excluding carboxylic acids is 1. The number of amides is 1. The molecule has 1 amide bonds. The highest BCUT2D eigenvalue weighted by Gasteiger charge is 2.20. The van der Waals surface area contributed by atoms with E-state index >= 15 is 0 Å². The number of aromatic nitrogens is 1. The largest absolute Gasteiger partial charge is 0.322 e. The number of pyridine rings is 1. The summed E-state index contributed by atoms with van der Waals surface area (Å²) in [6.45, 7) is 5.88. The van der Waals surface area contributed by atoms with Gasteiger partial charge in [0.1, 0.15) is 0 Å². The van der Waals surface area contributed by atoms with E-state index in [-0.39, 0.29) is 5.91 Å². The summed E-state index contributed by atoms with van der Waals surface area (Å²) in [5.41, 5.74) is 6.38. The maximum atomic E-state index is 13.4. The molecule has 0 radical (unpaired) electrons. The van der Waals surface area contributed by atoms with Gasteiger partial charge in [-0.1, -0.05) is 53.5 Å². The van der Waals surface area contributed by atoms with Crippen LogP contribution in [0.4, 0.5) is 5.69 Å². The van der Waals surface area contributed by atoms with E-state index in [2.05, 4.69) is 5.32 Å². The van der Waals surface area contributed by atoms with Gasteiger partial charge in [-0.25, -0.2) is 4.98 Å². The fraction of sp³-hybridized carbons (Fsp3) is 0.120. The van der Waals surface area contributed by atoms with Crippen LogP contribution in [0, 0.1) is 20.8 Å². The highest BCUT2D eigenvalue weighted by Crippen LogP contribution is 2.35. The molecule has 1 aromatic heterocycles. The van der Waals surface area contributed by atoms with Crippen LogP contribution in [0.25, 0.3) is 22.2 Å². The molecular formula is C25H20Cl2N2O. The first kappa shape index (κ1) is 20.4. The molecule has 30 heavy (non-hydrogen) atoms. The lowest BCUT2D eigenvalue weighted by molar-refractivity contribution is 0.102. The molecule has 1 N–H and O–H groups in total. The third-order valence-electron chi connectivity index (χ3n) is 5.19. The average molecular weight is 435 g/mol. The number of para-hydroxylation sites is 1. The number of hydrogen-bond acceptors (Lipinski definition) is 2. The molecule has 0 unspecified atom stereocenters. The van der Waals surface area contributed by atoms with E-state index in [1.54, 1.807) is 12.1 Å². The number of rotatable bonds is 3. The van der Waals surface area contributed by atoms with Gasteiger partial charge in [0.05, 0.1) is 21.8 Å². The summed E-state index contributed by atoms with van der Waals surface area (Å²) in [7, 11) is 0. The van der Waals surface area contributed by atoms with Crippen LogP contribution < -0.4 is 5.32 Å². The van der Waals surface area contributed by atoms with Crippen LogP contribution in [0.3, 0.4) is 0 Å². The van der Waals surface area contributed by atoms with Gasteiger partial charge in [-0.15, -0.1) is 0 Å². The molecule has 0 saturated heterocycles. The fourth-order valence-corrected chi connectivity index (χ4v) is 4.10. The van der Waals surface area contributed by atoms with Gasteiger partial charge in [-0.05, 0) is 67.8 Å². The molecule has 0 aliphatic rings. The summed E-state index contributed by atoms with van der Waals surface area (Å²) in [5.74, 6) is -0.175. The Kier molecular flexibility index (Phi) is 5.50. The normalized spacial score (nSPS) is 11.0. The number of nitrogens with one attached hydrogen (secondary N) is 1. The average Bonchev–Trinajstić information content (AvgIpc) is 2.70. The summed E-state index contributed by atoms with van der Waals surface area (Å²) in [6.07, 6.45) is 0. The van der Waals surface area contributed by atoms with Gasteiger partial charge in [-0.3, -0.25) is 4.79 Å². The Morgan fingerprint density at radius 3 is 2.47 bits per heavy atom. The van der Waals surface area contributed by atoms with E-state index in [0.29, 0.717) is 21.3 Å². The molecule has 4 aromatic rings. The van der Waals surface area contributed by atoms with Crippen LogP contribution in [0.1, 0.15) is 27.0 Å². The van der Waals surface area contributed by atoms with Crippen molar-refractivity contribution in [1.82, 2.24) is 4.98 Å². The summed E-state index contributed by atoms with van der Waals surface area (Å²) in [6, 6.07) is 18.9. The number of anilines is 1. The van der Waals surface area contributed by atoms with Gasteiger partial charge in [0.2, 0.25) is 0 Å². The quantitative estimate of drug-likeness (QED) is 0.365. The molecule has 0 spiro atoms. The molecular weight excluding hydrogens is 415 g/mol. The number of benzene rings is 3. The number of aryl methyl sites for hydroxylation is 2. The number of fused-ring (bicyclic) bond motifs is 1. The lowest BCUT2D eigenvalue weighted by Crippen LogP contribution is -2.16. The zero-order chi connectivity index (χ0) is 21.4. The summed E-state index contributed by atoms with van der Waals surface area (Å²) < 4.78 is 0. The summed E-state index contributed by atoms with van der Waals surface area (Å²) in [4.78, 5) is 18.3. The number of nitrogens with zero attached hydrogens (tertiary/aromatic N) is 1. The predicted molar refractivity (Wildman–Crippen MR) is 126 cm³/mol. The highest BCUT2D eigenvalue weighted by molar-refractivity contribution is 6.36. The van der Waals surface area contributed by atoms with Crippen molar-refractivity contribution in [3.63, 3.8) is 0 Å². The maximum absolute atomic E-state index is 13.4. The Morgan fingerprint density at radius 2 is 1.70 bits per heavy atom. The van der Waals surface area contributed by atoms with Crippen molar-refractivity contribution in [1.29, 1.82) is 0 Å². The molecule has 0 aliphatic heterocycles. The Bertz CT molecular complexity index is 1300. The van der Waals surface area contributed by atoms with Crippen molar-refractivity contribution < 1.29 is 4.79 Å². The topological polar surface area (TPSA) is 42.0 Å². The minimum atomic E-state index is -0.175. The lowest BCUT2D eigenvalue weighted by Gasteiger charge is -2.16. The van der Waals surface area contributed by atoms with Crippen LogP contribution >= 0.6 is 23.2 Å². The molecule has 1 heterocycles. The Morgan fingerprint density at radius 1 is 0.933 bits per heavy atom. The van der Waals surface area contributed by atoms with Gasteiger partial charge < -0.3 is 5.32 Å². The Labute approximate surface area is 185 Å². The lowest BCUT2D eigenvalue weighted by atomic mass is 9.97. The van der Waals surface area contributed by atoms with Crippen LogP contribution in [-0.2, 0) is 0 Å². The molecule has 0 bridgehead atoms. The summed E-state index contributed by atoms with van der Waals surface area (Å²) >= 11 is 12.5. The van der Waals surface area contributed by atoms with E-state index in [1.807, 2.05) is 69.3 Å². The molecule has 0 fully saturated rings. The van der Waals surface area contributed by atoms with Gasteiger partial charge in [0.15, 0.2) is 0 Å². The second-order valence-electron chi connectivity index (χ2n) is 7.37. The molecule has 4 rings (SSSR count). The Balaban J connectivity index is 1.91. The smallest absolute Gasteiger partial charge is 0.256 e. The van der Waals surface area contributed by atoms with Crippen LogP contribution in [0.15, 0.2) is 60.7 Å². The number of hydrogen-bond donors (Lipinski definition) is 1. The first-order chi connectivity index (χ1) is 14.3. The molecule has 3 nitrogen and oxygen atoms in total. The van der Waals surface area contributed by atoms with Gasteiger partial charge >= 0.3 is 0 Å². The Hall–Kier alpha value is -2.88.